The molecule has 0 bridgehead atoms. The Labute approximate surface area is 142 Å². The van der Waals surface area contributed by atoms with E-state index in [4.69, 9.17) is 17.3 Å². The average molecular weight is 327 g/mol. The molecule has 0 heterocycles. The summed E-state index contributed by atoms with van der Waals surface area (Å²) in [5.41, 5.74) is 3.50. The van der Waals surface area contributed by atoms with E-state index in [-0.39, 0.29) is 6.42 Å². The summed E-state index contributed by atoms with van der Waals surface area (Å²) >= 11 is 5.36. The molecule has 120 valence electrons. The molecule has 0 unspecified atom stereocenters. The maximum absolute atomic E-state index is 10.6. The Kier molecular flexibility index (Phi) is 6.76. The van der Waals surface area contributed by atoms with Crippen LogP contribution < -0.4 is 5.32 Å². The molecular formula is C19H21NO2S. The maximum atomic E-state index is 10.6. The van der Waals surface area contributed by atoms with Gasteiger partial charge >= 0.3 is 5.97 Å². The fourth-order valence-corrected chi connectivity index (χ4v) is 2.58. The highest BCUT2D eigenvalue weighted by molar-refractivity contribution is 7.80. The number of carboxylic acids is 1. The lowest BCUT2D eigenvalue weighted by Gasteiger charge is -2.08. The van der Waals surface area contributed by atoms with Gasteiger partial charge in [0.25, 0.3) is 0 Å². The molecule has 2 aromatic rings. The second-order valence-corrected chi connectivity index (χ2v) is 5.97. The van der Waals surface area contributed by atoms with E-state index in [1.54, 1.807) is 0 Å². The van der Waals surface area contributed by atoms with E-state index in [2.05, 4.69) is 29.6 Å². The standard InChI is InChI=1S/C19H21NO2S/c21-19(22)11-10-15-6-8-16(9-7-15)12-13-20-18(23)14-17-4-2-1-3-5-17/h1-9H,10-14H2,(H,20,23)(H,21,22). The highest BCUT2D eigenvalue weighted by Crippen LogP contribution is 2.07. The monoisotopic (exact) mass is 327 g/mol. The fourth-order valence-electron chi connectivity index (χ4n) is 2.31. The van der Waals surface area contributed by atoms with E-state index in [1.807, 2.05) is 30.3 Å². The second-order valence-electron chi connectivity index (χ2n) is 5.47. The van der Waals surface area contributed by atoms with Crippen LogP contribution in [0.2, 0.25) is 0 Å². The number of nitrogens with one attached hydrogen (secondary N) is 1. The Morgan fingerprint density at radius 3 is 2.13 bits per heavy atom. The smallest absolute Gasteiger partial charge is 0.303 e. The van der Waals surface area contributed by atoms with Gasteiger partial charge in [-0.2, -0.15) is 0 Å². The predicted octanol–water partition coefficient (Wildman–Crippen LogP) is 3.41. The molecule has 0 atom stereocenters. The number of aryl methyl sites for hydroxylation is 1. The maximum Gasteiger partial charge on any atom is 0.303 e. The van der Waals surface area contributed by atoms with Gasteiger partial charge in [0, 0.05) is 19.4 Å². The van der Waals surface area contributed by atoms with E-state index in [0.29, 0.717) is 6.42 Å². The minimum Gasteiger partial charge on any atom is -0.481 e. The molecule has 0 aliphatic rings. The van der Waals surface area contributed by atoms with Gasteiger partial charge in [-0.3, -0.25) is 4.79 Å². The van der Waals surface area contributed by atoms with Crippen LogP contribution in [0.3, 0.4) is 0 Å². The summed E-state index contributed by atoms with van der Waals surface area (Å²) < 4.78 is 0. The van der Waals surface area contributed by atoms with Gasteiger partial charge in [0.05, 0.1) is 4.99 Å². The SMILES string of the molecule is O=C(O)CCc1ccc(CCNC(=S)Cc2ccccc2)cc1. The molecule has 2 rings (SSSR count). The molecule has 4 heteroatoms. The lowest BCUT2D eigenvalue weighted by Crippen LogP contribution is -2.25. The first kappa shape index (κ1) is 17.2. The van der Waals surface area contributed by atoms with Crippen molar-refractivity contribution in [3.63, 3.8) is 0 Å². The molecule has 0 saturated heterocycles. The van der Waals surface area contributed by atoms with Crippen molar-refractivity contribution in [1.82, 2.24) is 5.32 Å². The number of hydrogen-bond acceptors (Lipinski definition) is 2. The normalized spacial score (nSPS) is 10.3. The molecular weight excluding hydrogens is 306 g/mol. The van der Waals surface area contributed by atoms with Gasteiger partial charge in [-0.1, -0.05) is 66.8 Å². The van der Waals surface area contributed by atoms with E-state index in [9.17, 15) is 4.79 Å². The molecule has 0 aliphatic carbocycles. The lowest BCUT2D eigenvalue weighted by atomic mass is 10.1. The van der Waals surface area contributed by atoms with Crippen molar-refractivity contribution in [1.29, 1.82) is 0 Å². The third-order valence-corrected chi connectivity index (χ3v) is 3.88. The first-order valence-corrected chi connectivity index (χ1v) is 8.14. The van der Waals surface area contributed by atoms with Crippen LogP contribution in [0.5, 0.6) is 0 Å². The van der Waals surface area contributed by atoms with Crippen molar-refractivity contribution >= 4 is 23.2 Å². The van der Waals surface area contributed by atoms with Crippen molar-refractivity contribution in [2.24, 2.45) is 0 Å². The van der Waals surface area contributed by atoms with Crippen molar-refractivity contribution < 1.29 is 9.90 Å². The van der Waals surface area contributed by atoms with E-state index >= 15 is 0 Å². The summed E-state index contributed by atoms with van der Waals surface area (Å²) in [7, 11) is 0. The Morgan fingerprint density at radius 2 is 1.52 bits per heavy atom. The average Bonchev–Trinajstić information content (AvgIpc) is 2.55. The predicted molar refractivity (Wildman–Crippen MR) is 96.8 cm³/mol. The highest BCUT2D eigenvalue weighted by atomic mass is 32.1. The van der Waals surface area contributed by atoms with Gasteiger partial charge in [0.1, 0.15) is 0 Å². The molecule has 0 saturated carbocycles. The first-order valence-electron chi connectivity index (χ1n) is 7.74. The van der Waals surface area contributed by atoms with Crippen LogP contribution >= 0.6 is 12.2 Å². The van der Waals surface area contributed by atoms with Crippen LogP contribution in [-0.2, 0) is 24.1 Å². The quantitative estimate of drug-likeness (QED) is 0.730. The van der Waals surface area contributed by atoms with Gasteiger partial charge in [-0.25, -0.2) is 0 Å². The number of hydrogen-bond donors (Lipinski definition) is 2. The van der Waals surface area contributed by atoms with Crippen LogP contribution in [0.25, 0.3) is 0 Å². The van der Waals surface area contributed by atoms with E-state index < -0.39 is 5.97 Å². The molecule has 2 aromatic carbocycles. The number of rotatable bonds is 8. The Hall–Kier alpha value is -2.20. The number of thiocarbonyl (C=S) groups is 1. The molecule has 0 amide bonds. The van der Waals surface area contributed by atoms with Crippen LogP contribution in [0.4, 0.5) is 0 Å². The zero-order chi connectivity index (χ0) is 16.5. The topological polar surface area (TPSA) is 49.3 Å². The fraction of sp³-hybridized carbons (Fsp3) is 0.263. The van der Waals surface area contributed by atoms with Crippen molar-refractivity contribution in [3.05, 3.63) is 71.3 Å². The van der Waals surface area contributed by atoms with Crippen LogP contribution in [0.1, 0.15) is 23.1 Å². The second kappa shape index (κ2) is 9.06. The zero-order valence-corrected chi connectivity index (χ0v) is 13.8. The van der Waals surface area contributed by atoms with Crippen LogP contribution in [0.15, 0.2) is 54.6 Å². The summed E-state index contributed by atoms with van der Waals surface area (Å²) in [6.07, 6.45) is 2.42. The number of carboxylic acid groups (broad SMARTS) is 1. The molecule has 0 spiro atoms. The van der Waals surface area contributed by atoms with Crippen LogP contribution in [0, 0.1) is 0 Å². The third-order valence-electron chi connectivity index (χ3n) is 3.59. The Bertz CT molecular complexity index is 638. The van der Waals surface area contributed by atoms with Gasteiger partial charge in [-0.05, 0) is 29.5 Å². The highest BCUT2D eigenvalue weighted by Gasteiger charge is 2.01. The van der Waals surface area contributed by atoms with Crippen LogP contribution in [-0.4, -0.2) is 22.6 Å². The van der Waals surface area contributed by atoms with Gasteiger partial charge in [-0.15, -0.1) is 0 Å². The Balaban J connectivity index is 1.71. The minimum absolute atomic E-state index is 0.175. The molecule has 0 aliphatic heterocycles. The Morgan fingerprint density at radius 1 is 0.913 bits per heavy atom. The van der Waals surface area contributed by atoms with Crippen molar-refractivity contribution in [2.75, 3.05) is 6.54 Å². The minimum atomic E-state index is -0.759. The van der Waals surface area contributed by atoms with Gasteiger partial charge in [0.15, 0.2) is 0 Å². The summed E-state index contributed by atoms with van der Waals surface area (Å²) in [4.78, 5) is 11.4. The molecule has 0 aromatic heterocycles. The first-order chi connectivity index (χ1) is 11.1. The summed E-state index contributed by atoms with van der Waals surface area (Å²) in [5.74, 6) is -0.759. The summed E-state index contributed by atoms with van der Waals surface area (Å²) in [5, 5.41) is 12.0. The lowest BCUT2D eigenvalue weighted by molar-refractivity contribution is -0.136. The number of benzene rings is 2. The largest absolute Gasteiger partial charge is 0.481 e. The molecule has 2 N–H and O–H groups in total. The third kappa shape index (κ3) is 6.61. The van der Waals surface area contributed by atoms with E-state index in [1.165, 1.54) is 11.1 Å². The zero-order valence-electron chi connectivity index (χ0n) is 13.0. The number of carbonyl (C=O) groups is 1. The van der Waals surface area contributed by atoms with E-state index in [0.717, 1.165) is 29.9 Å². The molecule has 0 radical (unpaired) electrons. The van der Waals surface area contributed by atoms with Crippen molar-refractivity contribution in [2.45, 2.75) is 25.7 Å². The van der Waals surface area contributed by atoms with Gasteiger partial charge < -0.3 is 10.4 Å². The number of aliphatic carboxylic acids is 1. The van der Waals surface area contributed by atoms with Gasteiger partial charge in [0.2, 0.25) is 0 Å². The molecule has 3 nitrogen and oxygen atoms in total. The summed E-state index contributed by atoms with van der Waals surface area (Å²) in [6.45, 7) is 0.806. The van der Waals surface area contributed by atoms with Crippen molar-refractivity contribution in [3.8, 4) is 0 Å². The summed E-state index contributed by atoms with van der Waals surface area (Å²) in [6, 6.07) is 18.3. The molecule has 23 heavy (non-hydrogen) atoms. The molecule has 0 fully saturated rings.